The largest absolute Gasteiger partial charge is 0.483 e. The minimum absolute atomic E-state index is 0.196. The lowest BCUT2D eigenvalue weighted by molar-refractivity contribution is 0.210. The van der Waals surface area contributed by atoms with Crippen molar-refractivity contribution in [1.29, 1.82) is 0 Å². The predicted molar refractivity (Wildman–Crippen MR) is 97.1 cm³/mol. The second-order valence-electron chi connectivity index (χ2n) is 5.54. The summed E-state index contributed by atoms with van der Waals surface area (Å²) in [6.07, 6.45) is -0.224. The average Bonchev–Trinajstić information content (AvgIpc) is 3.05. The number of hydrogen-bond donors (Lipinski definition) is 0. The summed E-state index contributed by atoms with van der Waals surface area (Å²) in [6, 6.07) is 16.4. The molecule has 0 N–H and O–H groups in total. The Labute approximate surface area is 151 Å². The fraction of sp³-hybridized carbons (Fsp3) is 0.263. The molecule has 0 aliphatic carbocycles. The number of thioether (sulfide) groups is 1. The van der Waals surface area contributed by atoms with E-state index in [1.54, 1.807) is 12.1 Å². The van der Waals surface area contributed by atoms with E-state index >= 15 is 0 Å². The number of rotatable bonds is 7. The van der Waals surface area contributed by atoms with Gasteiger partial charge in [0.05, 0.1) is 0 Å². The number of benzene rings is 2. The van der Waals surface area contributed by atoms with Crippen LogP contribution in [0.25, 0.3) is 0 Å². The fourth-order valence-electron chi connectivity index (χ4n) is 2.52. The van der Waals surface area contributed by atoms with Crippen LogP contribution < -0.4 is 4.74 Å². The van der Waals surface area contributed by atoms with Crippen molar-refractivity contribution in [2.24, 2.45) is 0 Å². The first-order chi connectivity index (χ1) is 12.2. The number of halogens is 1. The molecule has 0 aliphatic heterocycles. The Morgan fingerprint density at radius 3 is 2.52 bits per heavy atom. The monoisotopic (exact) mass is 357 g/mol. The summed E-state index contributed by atoms with van der Waals surface area (Å²) < 4.78 is 21.7. The highest BCUT2D eigenvalue weighted by atomic mass is 32.2. The van der Waals surface area contributed by atoms with E-state index in [4.69, 9.17) is 4.74 Å². The Morgan fingerprint density at radius 2 is 1.80 bits per heavy atom. The van der Waals surface area contributed by atoms with Crippen molar-refractivity contribution in [2.45, 2.75) is 37.4 Å². The van der Waals surface area contributed by atoms with Crippen LogP contribution in [0, 0.1) is 5.82 Å². The van der Waals surface area contributed by atoms with Crippen LogP contribution in [0.1, 0.15) is 31.3 Å². The molecule has 2 aromatic carbocycles. The normalized spacial score (nSPS) is 12.1. The van der Waals surface area contributed by atoms with E-state index in [0.29, 0.717) is 11.3 Å². The number of para-hydroxylation sites is 1. The van der Waals surface area contributed by atoms with Gasteiger partial charge in [-0.05, 0) is 37.6 Å². The Morgan fingerprint density at radius 1 is 1.08 bits per heavy atom. The maximum absolute atomic E-state index is 13.8. The number of ether oxygens (including phenoxy) is 1. The lowest BCUT2D eigenvalue weighted by Crippen LogP contribution is -2.11. The van der Waals surface area contributed by atoms with Crippen molar-refractivity contribution in [1.82, 2.24) is 14.8 Å². The van der Waals surface area contributed by atoms with Gasteiger partial charge in [-0.1, -0.05) is 48.2 Å². The summed E-state index contributed by atoms with van der Waals surface area (Å²) >= 11 is 1.48. The standard InChI is InChI=1S/C19H20FN3OS/c1-3-23-18(14(2)24-16-10-5-4-6-11-16)21-22-19(23)25-13-15-9-7-8-12-17(15)20/h4-12,14H,3,13H2,1-2H3. The highest BCUT2D eigenvalue weighted by molar-refractivity contribution is 7.98. The topological polar surface area (TPSA) is 39.9 Å². The third-order valence-electron chi connectivity index (χ3n) is 3.80. The highest BCUT2D eigenvalue weighted by Gasteiger charge is 2.19. The second kappa shape index (κ2) is 8.16. The van der Waals surface area contributed by atoms with Crippen molar-refractivity contribution in [3.8, 4) is 5.75 Å². The van der Waals surface area contributed by atoms with E-state index in [2.05, 4.69) is 10.2 Å². The molecule has 0 amide bonds. The lowest BCUT2D eigenvalue weighted by Gasteiger charge is -2.15. The van der Waals surface area contributed by atoms with Crippen LogP contribution in [-0.4, -0.2) is 14.8 Å². The maximum atomic E-state index is 13.8. The van der Waals surface area contributed by atoms with Gasteiger partial charge >= 0.3 is 0 Å². The predicted octanol–water partition coefficient (Wildman–Crippen LogP) is 4.87. The van der Waals surface area contributed by atoms with E-state index in [9.17, 15) is 4.39 Å². The third kappa shape index (κ3) is 4.20. The molecule has 0 saturated carbocycles. The molecule has 4 nitrogen and oxygen atoms in total. The van der Waals surface area contributed by atoms with Crippen molar-refractivity contribution in [2.75, 3.05) is 0 Å². The molecule has 25 heavy (non-hydrogen) atoms. The molecule has 0 fully saturated rings. The van der Waals surface area contributed by atoms with Crippen LogP contribution in [-0.2, 0) is 12.3 Å². The van der Waals surface area contributed by atoms with Gasteiger partial charge in [0.1, 0.15) is 11.6 Å². The molecule has 1 unspecified atom stereocenters. The van der Waals surface area contributed by atoms with Crippen LogP contribution >= 0.6 is 11.8 Å². The smallest absolute Gasteiger partial charge is 0.191 e. The molecular formula is C19H20FN3OS. The molecule has 0 spiro atoms. The Bertz CT molecular complexity index is 823. The van der Waals surface area contributed by atoms with Gasteiger partial charge in [0, 0.05) is 12.3 Å². The molecule has 0 saturated heterocycles. The molecule has 0 aliphatic rings. The Balaban J connectivity index is 1.73. The minimum Gasteiger partial charge on any atom is -0.483 e. The Hall–Kier alpha value is -2.34. The van der Waals surface area contributed by atoms with Crippen molar-refractivity contribution >= 4 is 11.8 Å². The van der Waals surface area contributed by atoms with Crippen LogP contribution in [0.5, 0.6) is 5.75 Å². The summed E-state index contributed by atoms with van der Waals surface area (Å²) in [5.41, 5.74) is 0.660. The van der Waals surface area contributed by atoms with E-state index < -0.39 is 0 Å². The SMILES string of the molecule is CCn1c(SCc2ccccc2F)nnc1C(C)Oc1ccccc1. The van der Waals surface area contributed by atoms with E-state index in [1.165, 1.54) is 17.8 Å². The molecule has 3 rings (SSSR count). The summed E-state index contributed by atoms with van der Waals surface area (Å²) in [4.78, 5) is 0. The van der Waals surface area contributed by atoms with Crippen molar-refractivity contribution < 1.29 is 9.13 Å². The van der Waals surface area contributed by atoms with Gasteiger partial charge in [-0.25, -0.2) is 4.39 Å². The molecule has 0 bridgehead atoms. The summed E-state index contributed by atoms with van der Waals surface area (Å²) in [7, 11) is 0. The van der Waals surface area contributed by atoms with Gasteiger partial charge in [0.15, 0.2) is 17.1 Å². The molecule has 130 valence electrons. The van der Waals surface area contributed by atoms with E-state index in [1.807, 2.05) is 54.8 Å². The molecule has 1 heterocycles. The van der Waals surface area contributed by atoms with Crippen molar-refractivity contribution in [3.63, 3.8) is 0 Å². The lowest BCUT2D eigenvalue weighted by atomic mass is 10.2. The van der Waals surface area contributed by atoms with Gasteiger partial charge in [0.25, 0.3) is 0 Å². The van der Waals surface area contributed by atoms with Gasteiger partial charge < -0.3 is 9.30 Å². The average molecular weight is 357 g/mol. The van der Waals surface area contributed by atoms with E-state index in [0.717, 1.165) is 23.3 Å². The fourth-order valence-corrected chi connectivity index (χ4v) is 3.51. The van der Waals surface area contributed by atoms with Crippen LogP contribution in [0.3, 0.4) is 0 Å². The quantitative estimate of drug-likeness (QED) is 0.566. The zero-order valence-electron chi connectivity index (χ0n) is 14.2. The summed E-state index contributed by atoms with van der Waals surface area (Å²) in [5, 5.41) is 9.33. The van der Waals surface area contributed by atoms with E-state index in [-0.39, 0.29) is 11.9 Å². The van der Waals surface area contributed by atoms with Gasteiger partial charge in [0.2, 0.25) is 0 Å². The molecule has 6 heteroatoms. The second-order valence-corrected chi connectivity index (χ2v) is 6.48. The van der Waals surface area contributed by atoms with Gasteiger partial charge in [-0.3, -0.25) is 0 Å². The molecule has 0 radical (unpaired) electrons. The minimum atomic E-state index is -0.224. The highest BCUT2D eigenvalue weighted by Crippen LogP contribution is 2.27. The number of nitrogens with zero attached hydrogens (tertiary/aromatic N) is 3. The van der Waals surface area contributed by atoms with Crippen molar-refractivity contribution in [3.05, 3.63) is 71.8 Å². The molecule has 3 aromatic rings. The maximum Gasteiger partial charge on any atom is 0.191 e. The zero-order valence-corrected chi connectivity index (χ0v) is 15.0. The van der Waals surface area contributed by atoms with Gasteiger partial charge in [-0.15, -0.1) is 10.2 Å². The molecule has 1 atom stereocenters. The number of hydrogen-bond acceptors (Lipinski definition) is 4. The third-order valence-corrected chi connectivity index (χ3v) is 4.81. The van der Waals surface area contributed by atoms with Crippen LogP contribution in [0.15, 0.2) is 59.8 Å². The van der Waals surface area contributed by atoms with Gasteiger partial charge in [-0.2, -0.15) is 0 Å². The Kier molecular flexibility index (Phi) is 5.71. The van der Waals surface area contributed by atoms with Crippen LogP contribution in [0.2, 0.25) is 0 Å². The zero-order chi connectivity index (χ0) is 17.6. The first-order valence-electron chi connectivity index (χ1n) is 8.20. The first-order valence-corrected chi connectivity index (χ1v) is 9.18. The first kappa shape index (κ1) is 17.5. The summed E-state index contributed by atoms with van der Waals surface area (Å²) in [5.74, 6) is 1.88. The van der Waals surface area contributed by atoms with Crippen LogP contribution in [0.4, 0.5) is 4.39 Å². The molecular weight excluding hydrogens is 337 g/mol. The molecule has 1 aromatic heterocycles. The summed E-state index contributed by atoms with van der Waals surface area (Å²) in [6.45, 7) is 4.72. The number of aromatic nitrogens is 3.